The fourth-order valence-electron chi connectivity index (χ4n) is 3.92. The van der Waals surface area contributed by atoms with Gasteiger partial charge < -0.3 is 23.7 Å². The molecule has 4 aromatic rings. The smallest absolute Gasteiger partial charge is 0.308 e. The van der Waals surface area contributed by atoms with E-state index in [1.165, 1.54) is 39.1 Å². The van der Waals surface area contributed by atoms with Crippen molar-refractivity contribution < 1.29 is 33.3 Å². The number of amides is 1. The number of aromatic nitrogens is 3. The third kappa shape index (κ3) is 6.99. The van der Waals surface area contributed by atoms with Crippen LogP contribution in [0.5, 0.6) is 28.7 Å². The third-order valence-corrected chi connectivity index (χ3v) is 6.68. The Morgan fingerprint density at radius 3 is 2.19 bits per heavy atom. The van der Waals surface area contributed by atoms with Crippen LogP contribution in [0.15, 0.2) is 70.9 Å². The second-order valence-electron chi connectivity index (χ2n) is 8.48. The standard InChI is InChI=1S/C29H29N5O7S/c1-18(35)41-22-12-11-19(13-23(22)37-2)16-30-31-26(36)17-42-29-33-32-28(34(29)21-9-7-6-8-10-21)20-14-24(38-3)27(40-5)25(15-20)39-4/h6-16H,17H2,1-5H3,(H,31,36)/b30-16+. The first-order valence-corrected chi connectivity index (χ1v) is 13.5. The molecule has 0 aliphatic rings. The van der Waals surface area contributed by atoms with Crippen molar-refractivity contribution in [1.29, 1.82) is 0 Å². The molecule has 13 heteroatoms. The molecule has 1 aromatic heterocycles. The van der Waals surface area contributed by atoms with Crippen LogP contribution in [0.4, 0.5) is 0 Å². The topological polar surface area (TPSA) is 135 Å². The molecule has 1 N–H and O–H groups in total. The van der Waals surface area contributed by atoms with Gasteiger partial charge in [-0.05, 0) is 48.0 Å². The quantitative estimate of drug-likeness (QED) is 0.0842. The maximum Gasteiger partial charge on any atom is 0.308 e. The van der Waals surface area contributed by atoms with Crippen LogP contribution in [0.3, 0.4) is 0 Å². The molecule has 42 heavy (non-hydrogen) atoms. The predicted octanol–water partition coefficient (Wildman–Crippen LogP) is 4.14. The number of hydrogen-bond donors (Lipinski definition) is 1. The van der Waals surface area contributed by atoms with E-state index in [1.807, 2.05) is 34.9 Å². The zero-order valence-electron chi connectivity index (χ0n) is 23.6. The normalized spacial score (nSPS) is 10.8. The van der Waals surface area contributed by atoms with Gasteiger partial charge in [0.2, 0.25) is 5.75 Å². The van der Waals surface area contributed by atoms with Gasteiger partial charge in [0.1, 0.15) is 0 Å². The number of benzene rings is 3. The van der Waals surface area contributed by atoms with Gasteiger partial charge in [-0.15, -0.1) is 10.2 Å². The molecule has 12 nitrogen and oxygen atoms in total. The molecule has 1 heterocycles. The number of carbonyl (C=O) groups excluding carboxylic acids is 2. The lowest BCUT2D eigenvalue weighted by atomic mass is 10.1. The van der Waals surface area contributed by atoms with Gasteiger partial charge in [-0.1, -0.05) is 30.0 Å². The number of para-hydroxylation sites is 1. The van der Waals surface area contributed by atoms with E-state index in [9.17, 15) is 9.59 Å². The largest absolute Gasteiger partial charge is 0.493 e. The van der Waals surface area contributed by atoms with Crippen molar-refractivity contribution in [3.8, 4) is 45.8 Å². The van der Waals surface area contributed by atoms with E-state index >= 15 is 0 Å². The summed E-state index contributed by atoms with van der Waals surface area (Å²) in [6.45, 7) is 1.30. The Labute approximate surface area is 246 Å². The number of ether oxygens (including phenoxy) is 5. The molecule has 0 atom stereocenters. The summed E-state index contributed by atoms with van der Waals surface area (Å²) in [5.41, 5.74) is 4.62. The van der Waals surface area contributed by atoms with Gasteiger partial charge in [-0.2, -0.15) is 5.10 Å². The second kappa shape index (κ2) is 14.0. The Hall–Kier alpha value is -5.04. The number of hydrazone groups is 1. The van der Waals surface area contributed by atoms with Gasteiger partial charge in [0, 0.05) is 18.2 Å². The summed E-state index contributed by atoms with van der Waals surface area (Å²) in [5.74, 6) is 1.78. The van der Waals surface area contributed by atoms with Gasteiger partial charge in [0.15, 0.2) is 34.0 Å². The average Bonchev–Trinajstić information content (AvgIpc) is 3.44. The number of rotatable bonds is 12. The summed E-state index contributed by atoms with van der Waals surface area (Å²) in [5, 5.41) is 13.3. The SMILES string of the molecule is COc1cc(/C=N/NC(=O)CSc2nnc(-c3cc(OC)c(OC)c(OC)c3)n2-c2ccccc2)ccc1OC(C)=O. The van der Waals surface area contributed by atoms with E-state index in [0.29, 0.717) is 45.1 Å². The number of nitrogens with one attached hydrogen (secondary N) is 1. The number of methoxy groups -OCH3 is 4. The second-order valence-corrected chi connectivity index (χ2v) is 9.42. The van der Waals surface area contributed by atoms with Gasteiger partial charge in [-0.3, -0.25) is 14.2 Å². The highest BCUT2D eigenvalue weighted by Gasteiger charge is 2.21. The average molecular weight is 592 g/mol. The molecule has 0 spiro atoms. The summed E-state index contributed by atoms with van der Waals surface area (Å²) in [4.78, 5) is 23.9. The Balaban J connectivity index is 1.53. The van der Waals surface area contributed by atoms with Crippen molar-refractivity contribution in [3.05, 3.63) is 66.2 Å². The molecule has 0 saturated heterocycles. The maximum absolute atomic E-state index is 12.6. The van der Waals surface area contributed by atoms with Crippen molar-refractivity contribution in [2.75, 3.05) is 34.2 Å². The van der Waals surface area contributed by atoms with Crippen molar-refractivity contribution in [2.24, 2.45) is 5.10 Å². The Morgan fingerprint density at radius 1 is 0.881 bits per heavy atom. The zero-order chi connectivity index (χ0) is 30.1. The van der Waals surface area contributed by atoms with Crippen LogP contribution in [0.25, 0.3) is 17.1 Å². The summed E-state index contributed by atoms with van der Waals surface area (Å²) >= 11 is 1.20. The number of thioether (sulfide) groups is 1. The molecule has 0 aliphatic carbocycles. The summed E-state index contributed by atoms with van der Waals surface area (Å²) in [6, 6.07) is 18.0. The van der Waals surface area contributed by atoms with Crippen molar-refractivity contribution in [2.45, 2.75) is 12.1 Å². The monoisotopic (exact) mass is 591 g/mol. The molecule has 0 fully saturated rings. The van der Waals surface area contributed by atoms with Crippen LogP contribution in [-0.2, 0) is 9.59 Å². The van der Waals surface area contributed by atoms with Gasteiger partial charge in [0.05, 0.1) is 40.4 Å². The van der Waals surface area contributed by atoms with E-state index < -0.39 is 5.97 Å². The lowest BCUT2D eigenvalue weighted by Crippen LogP contribution is -2.20. The number of esters is 1. The molecule has 0 unspecified atom stereocenters. The van der Waals surface area contributed by atoms with E-state index in [0.717, 1.165) is 5.69 Å². The predicted molar refractivity (Wildman–Crippen MR) is 157 cm³/mol. The fraction of sp³-hybridized carbons (Fsp3) is 0.207. The van der Waals surface area contributed by atoms with Crippen molar-refractivity contribution in [3.63, 3.8) is 0 Å². The minimum atomic E-state index is -0.460. The highest BCUT2D eigenvalue weighted by Crippen LogP contribution is 2.41. The van der Waals surface area contributed by atoms with Gasteiger partial charge >= 0.3 is 5.97 Å². The van der Waals surface area contributed by atoms with Crippen LogP contribution in [-0.4, -0.2) is 67.0 Å². The first-order valence-electron chi connectivity index (χ1n) is 12.5. The molecular formula is C29H29N5O7S. The first-order chi connectivity index (χ1) is 20.4. The summed E-state index contributed by atoms with van der Waals surface area (Å²) < 4.78 is 28.7. The van der Waals surface area contributed by atoms with E-state index in [-0.39, 0.29) is 17.4 Å². The number of hydrogen-bond acceptors (Lipinski definition) is 11. The molecule has 0 bridgehead atoms. The molecule has 0 aliphatic heterocycles. The Bertz CT molecular complexity index is 1570. The molecule has 1 amide bonds. The third-order valence-electron chi connectivity index (χ3n) is 5.75. The van der Waals surface area contributed by atoms with Crippen LogP contribution in [0.2, 0.25) is 0 Å². The molecule has 4 rings (SSSR count). The van der Waals surface area contributed by atoms with Crippen molar-refractivity contribution in [1.82, 2.24) is 20.2 Å². The Morgan fingerprint density at radius 2 is 1.57 bits per heavy atom. The highest BCUT2D eigenvalue weighted by atomic mass is 32.2. The number of carbonyl (C=O) groups is 2. The van der Waals surface area contributed by atoms with E-state index in [4.69, 9.17) is 23.7 Å². The molecule has 0 saturated carbocycles. The van der Waals surface area contributed by atoms with Gasteiger partial charge in [-0.25, -0.2) is 5.43 Å². The summed E-state index contributed by atoms with van der Waals surface area (Å²) in [7, 11) is 6.08. The van der Waals surface area contributed by atoms with Crippen LogP contribution in [0, 0.1) is 0 Å². The van der Waals surface area contributed by atoms with E-state index in [2.05, 4.69) is 20.7 Å². The lowest BCUT2D eigenvalue weighted by Gasteiger charge is -2.15. The molecule has 3 aromatic carbocycles. The minimum absolute atomic E-state index is 0.0201. The van der Waals surface area contributed by atoms with Crippen LogP contribution >= 0.6 is 11.8 Å². The minimum Gasteiger partial charge on any atom is -0.493 e. The molecule has 0 radical (unpaired) electrons. The highest BCUT2D eigenvalue weighted by molar-refractivity contribution is 7.99. The zero-order valence-corrected chi connectivity index (χ0v) is 24.4. The van der Waals surface area contributed by atoms with Crippen LogP contribution in [0.1, 0.15) is 12.5 Å². The number of nitrogens with zero attached hydrogens (tertiary/aromatic N) is 4. The molecular weight excluding hydrogens is 562 g/mol. The molecule has 218 valence electrons. The van der Waals surface area contributed by atoms with E-state index in [1.54, 1.807) is 44.6 Å². The summed E-state index contributed by atoms with van der Waals surface area (Å²) in [6.07, 6.45) is 1.46. The van der Waals surface area contributed by atoms with Gasteiger partial charge in [0.25, 0.3) is 5.91 Å². The Kier molecular flexibility index (Phi) is 10.0. The first kappa shape index (κ1) is 29.9. The van der Waals surface area contributed by atoms with Crippen molar-refractivity contribution >= 4 is 29.9 Å². The van der Waals surface area contributed by atoms with Crippen LogP contribution < -0.4 is 29.1 Å². The fourth-order valence-corrected chi connectivity index (χ4v) is 4.66. The lowest BCUT2D eigenvalue weighted by molar-refractivity contribution is -0.132. The maximum atomic E-state index is 12.6.